The van der Waals surface area contributed by atoms with Gasteiger partial charge in [-0.15, -0.1) is 5.10 Å². The summed E-state index contributed by atoms with van der Waals surface area (Å²) in [6.45, 7) is 2.92. The lowest BCUT2D eigenvalue weighted by atomic mass is 9.69. The van der Waals surface area contributed by atoms with Crippen LogP contribution in [0.25, 0.3) is 11.0 Å². The molecule has 0 N–H and O–H groups in total. The number of fused-ring (bicyclic) bond motifs is 2. The van der Waals surface area contributed by atoms with Crippen molar-refractivity contribution in [3.05, 3.63) is 18.3 Å². The van der Waals surface area contributed by atoms with Gasteiger partial charge in [-0.1, -0.05) is 0 Å². The average molecular weight is 271 g/mol. The first-order valence-corrected chi connectivity index (χ1v) is 7.32. The maximum absolute atomic E-state index is 6.15. The molecule has 0 radical (unpaired) electrons. The SMILES string of the molecule is CC12CC(n3nc4ncccc4c3OC3CC3)(CO1)C2. The molecule has 0 spiro atoms. The molecule has 104 valence electrons. The summed E-state index contributed by atoms with van der Waals surface area (Å²) in [5.41, 5.74) is 0.806. The van der Waals surface area contributed by atoms with Crippen LogP contribution in [0.5, 0.6) is 5.88 Å². The molecule has 2 aliphatic heterocycles. The molecule has 4 aliphatic rings. The first kappa shape index (κ1) is 11.1. The molecular formula is C15H17N3O2. The molecule has 6 rings (SSSR count). The smallest absolute Gasteiger partial charge is 0.222 e. The van der Waals surface area contributed by atoms with E-state index in [-0.39, 0.29) is 11.1 Å². The van der Waals surface area contributed by atoms with Crippen LogP contribution in [0.4, 0.5) is 0 Å². The van der Waals surface area contributed by atoms with E-state index in [9.17, 15) is 0 Å². The van der Waals surface area contributed by atoms with Crippen LogP contribution in [-0.2, 0) is 10.3 Å². The average Bonchev–Trinajstić information content (AvgIpc) is 2.93. The molecule has 0 atom stereocenters. The van der Waals surface area contributed by atoms with Crippen molar-refractivity contribution in [1.82, 2.24) is 14.8 Å². The number of hydrogen-bond donors (Lipinski definition) is 0. The quantitative estimate of drug-likeness (QED) is 0.859. The van der Waals surface area contributed by atoms with Crippen LogP contribution >= 0.6 is 0 Å². The van der Waals surface area contributed by atoms with Crippen molar-refractivity contribution in [2.24, 2.45) is 0 Å². The normalized spacial score (nSPS) is 35.2. The molecule has 2 aromatic rings. The van der Waals surface area contributed by atoms with Crippen LogP contribution in [0.2, 0.25) is 0 Å². The van der Waals surface area contributed by atoms with Crippen molar-refractivity contribution >= 4 is 11.0 Å². The van der Waals surface area contributed by atoms with Crippen LogP contribution in [-0.4, -0.2) is 33.1 Å². The topological polar surface area (TPSA) is 49.2 Å². The molecule has 2 saturated heterocycles. The Balaban J connectivity index is 1.67. The minimum atomic E-state index is -0.0142. The monoisotopic (exact) mass is 271 g/mol. The largest absolute Gasteiger partial charge is 0.474 e. The lowest BCUT2D eigenvalue weighted by Crippen LogP contribution is -2.49. The van der Waals surface area contributed by atoms with E-state index < -0.39 is 0 Å². The second-order valence-corrected chi connectivity index (χ2v) is 6.73. The second-order valence-electron chi connectivity index (χ2n) is 6.73. The number of hydrogen-bond acceptors (Lipinski definition) is 4. The summed E-state index contributed by atoms with van der Waals surface area (Å²) < 4.78 is 14.1. The van der Waals surface area contributed by atoms with E-state index in [0.29, 0.717) is 6.10 Å². The molecule has 0 aromatic carbocycles. The molecule has 20 heavy (non-hydrogen) atoms. The van der Waals surface area contributed by atoms with Gasteiger partial charge in [0.1, 0.15) is 6.10 Å². The zero-order valence-corrected chi connectivity index (χ0v) is 11.5. The van der Waals surface area contributed by atoms with Crippen molar-refractivity contribution in [3.8, 4) is 5.88 Å². The van der Waals surface area contributed by atoms with Crippen LogP contribution in [0, 0.1) is 0 Å². The van der Waals surface area contributed by atoms with Crippen molar-refractivity contribution in [2.75, 3.05) is 6.61 Å². The van der Waals surface area contributed by atoms with E-state index >= 15 is 0 Å². The highest BCUT2D eigenvalue weighted by Crippen LogP contribution is 2.57. The highest BCUT2D eigenvalue weighted by molar-refractivity contribution is 5.81. The third-order valence-corrected chi connectivity index (χ3v) is 4.75. The van der Waals surface area contributed by atoms with Crippen LogP contribution < -0.4 is 4.74 Å². The third kappa shape index (κ3) is 1.36. The number of pyridine rings is 1. The molecule has 2 aliphatic carbocycles. The maximum atomic E-state index is 6.15. The summed E-state index contributed by atoms with van der Waals surface area (Å²) in [7, 11) is 0. The number of nitrogens with zero attached hydrogens (tertiary/aromatic N) is 3. The minimum Gasteiger partial charge on any atom is -0.474 e. The molecule has 5 heteroatoms. The Morgan fingerprint density at radius 3 is 2.95 bits per heavy atom. The number of rotatable bonds is 3. The highest BCUT2D eigenvalue weighted by Gasteiger charge is 2.62. The van der Waals surface area contributed by atoms with Crippen molar-refractivity contribution in [3.63, 3.8) is 0 Å². The van der Waals surface area contributed by atoms with Gasteiger partial charge in [-0.3, -0.25) is 0 Å². The lowest BCUT2D eigenvalue weighted by Gasteiger charge is -2.42. The summed E-state index contributed by atoms with van der Waals surface area (Å²) in [5, 5.41) is 5.74. The van der Waals surface area contributed by atoms with Gasteiger partial charge < -0.3 is 9.47 Å². The fourth-order valence-electron chi connectivity index (χ4n) is 3.74. The molecule has 0 amide bonds. The van der Waals surface area contributed by atoms with E-state index in [1.165, 1.54) is 0 Å². The summed E-state index contributed by atoms with van der Waals surface area (Å²) in [6, 6.07) is 4.00. The Bertz CT molecular complexity index is 698. The Labute approximate surface area is 116 Å². The van der Waals surface area contributed by atoms with Gasteiger partial charge in [0, 0.05) is 19.0 Å². The Morgan fingerprint density at radius 2 is 2.25 bits per heavy atom. The van der Waals surface area contributed by atoms with Gasteiger partial charge in [-0.05, 0) is 31.9 Å². The Hall–Kier alpha value is -1.62. The fourth-order valence-corrected chi connectivity index (χ4v) is 3.74. The van der Waals surface area contributed by atoms with Gasteiger partial charge in [-0.2, -0.15) is 0 Å². The van der Waals surface area contributed by atoms with E-state index in [0.717, 1.165) is 49.2 Å². The molecule has 2 bridgehead atoms. The molecule has 5 nitrogen and oxygen atoms in total. The second kappa shape index (κ2) is 3.34. The molecule has 2 saturated carbocycles. The van der Waals surface area contributed by atoms with E-state index in [4.69, 9.17) is 14.6 Å². The number of ether oxygens (including phenoxy) is 2. The van der Waals surface area contributed by atoms with Gasteiger partial charge in [0.05, 0.1) is 23.1 Å². The number of aromatic nitrogens is 3. The van der Waals surface area contributed by atoms with Gasteiger partial charge in [0.25, 0.3) is 0 Å². The van der Waals surface area contributed by atoms with Gasteiger partial charge in [0.2, 0.25) is 5.88 Å². The Kier molecular flexibility index (Phi) is 1.85. The molecule has 4 heterocycles. The third-order valence-electron chi connectivity index (χ3n) is 4.75. The van der Waals surface area contributed by atoms with Gasteiger partial charge in [0.15, 0.2) is 5.65 Å². The predicted octanol–water partition coefficient (Wildman–Crippen LogP) is 2.25. The lowest BCUT2D eigenvalue weighted by molar-refractivity contribution is 0.00199. The van der Waals surface area contributed by atoms with E-state index in [1.807, 2.05) is 12.1 Å². The van der Waals surface area contributed by atoms with Gasteiger partial charge in [-0.25, -0.2) is 9.67 Å². The van der Waals surface area contributed by atoms with Crippen LogP contribution in [0.15, 0.2) is 18.3 Å². The van der Waals surface area contributed by atoms with Crippen LogP contribution in [0.1, 0.15) is 32.6 Å². The maximum Gasteiger partial charge on any atom is 0.222 e. The zero-order valence-electron chi connectivity index (χ0n) is 11.5. The molecular weight excluding hydrogens is 254 g/mol. The summed E-state index contributed by atoms with van der Waals surface area (Å²) in [5.74, 6) is 0.892. The minimum absolute atomic E-state index is 0.0142. The van der Waals surface area contributed by atoms with Crippen molar-refractivity contribution in [2.45, 2.75) is 49.9 Å². The predicted molar refractivity (Wildman–Crippen MR) is 72.7 cm³/mol. The summed E-state index contributed by atoms with van der Waals surface area (Å²) in [4.78, 5) is 4.37. The molecule has 0 unspecified atom stereocenters. The van der Waals surface area contributed by atoms with E-state index in [1.54, 1.807) is 6.20 Å². The van der Waals surface area contributed by atoms with Crippen LogP contribution in [0.3, 0.4) is 0 Å². The Morgan fingerprint density at radius 1 is 1.40 bits per heavy atom. The fraction of sp³-hybridized carbons (Fsp3) is 0.600. The zero-order chi connectivity index (χ0) is 13.4. The van der Waals surface area contributed by atoms with Crippen molar-refractivity contribution in [1.29, 1.82) is 0 Å². The summed E-state index contributed by atoms with van der Waals surface area (Å²) >= 11 is 0. The first-order chi connectivity index (χ1) is 9.68. The molecule has 2 aromatic heterocycles. The van der Waals surface area contributed by atoms with Crippen molar-refractivity contribution < 1.29 is 9.47 Å². The summed E-state index contributed by atoms with van der Waals surface area (Å²) in [6.07, 6.45) is 6.49. The van der Waals surface area contributed by atoms with E-state index in [2.05, 4.69) is 16.6 Å². The first-order valence-electron chi connectivity index (χ1n) is 7.32. The standard InChI is InChI=1S/C15H17N3O2/c1-14-7-15(8-14,9-19-14)18-13(20-10-4-5-10)11-3-2-6-16-12(11)17-18/h2-3,6,10H,4-5,7-9H2,1H3. The highest BCUT2D eigenvalue weighted by atomic mass is 16.5. The molecule has 4 fully saturated rings. The van der Waals surface area contributed by atoms with Gasteiger partial charge >= 0.3 is 0 Å².